The van der Waals surface area contributed by atoms with E-state index in [9.17, 15) is 13.2 Å². The number of benzene rings is 3. The van der Waals surface area contributed by atoms with Crippen molar-refractivity contribution >= 4 is 50.7 Å². The smallest absolute Gasteiger partial charge is 0.245 e. The van der Waals surface area contributed by atoms with E-state index in [1.165, 1.54) is 0 Å². The summed E-state index contributed by atoms with van der Waals surface area (Å²) in [4.78, 5) is 13.8. The fraction of sp³-hybridized carbons (Fsp3) is 0.208. The molecule has 3 rings (SSSR count). The topological polar surface area (TPSA) is 66.5 Å². The molecule has 0 fully saturated rings. The van der Waals surface area contributed by atoms with Gasteiger partial charge in [0.1, 0.15) is 6.54 Å². The standard InChI is InChI=1S/C24H25ClN2O3S2/c1-17-7-6-8-18(2)24(17)27(32(3,29)30)15-23(28)26-21-9-4-5-10-22(21)31-16-19-11-13-20(25)14-12-19/h4-14H,15-16H2,1-3H3,(H,26,28). The Balaban J connectivity index is 1.77. The fourth-order valence-corrected chi connectivity index (χ4v) is 5.38. The summed E-state index contributed by atoms with van der Waals surface area (Å²) >= 11 is 7.53. The Labute approximate surface area is 198 Å². The third kappa shape index (κ3) is 6.28. The van der Waals surface area contributed by atoms with Gasteiger partial charge in [0, 0.05) is 15.7 Å². The zero-order valence-corrected chi connectivity index (χ0v) is 20.5. The highest BCUT2D eigenvalue weighted by Crippen LogP contribution is 2.31. The Bertz CT molecular complexity index is 1190. The van der Waals surface area contributed by atoms with Gasteiger partial charge in [0.25, 0.3) is 0 Å². The highest BCUT2D eigenvalue weighted by molar-refractivity contribution is 7.98. The van der Waals surface area contributed by atoms with Crippen LogP contribution < -0.4 is 9.62 Å². The van der Waals surface area contributed by atoms with Gasteiger partial charge in [0.15, 0.2) is 0 Å². The van der Waals surface area contributed by atoms with Crippen LogP contribution in [0.25, 0.3) is 0 Å². The third-order valence-corrected chi connectivity index (χ3v) is 7.35. The number of thioether (sulfide) groups is 1. The number of carbonyl (C=O) groups excluding carboxylic acids is 1. The highest BCUT2D eigenvalue weighted by atomic mass is 35.5. The van der Waals surface area contributed by atoms with Crippen LogP contribution in [0.15, 0.2) is 71.6 Å². The molecule has 0 aliphatic heterocycles. The van der Waals surface area contributed by atoms with Crippen molar-refractivity contribution in [2.24, 2.45) is 0 Å². The molecule has 0 unspecified atom stereocenters. The zero-order valence-electron chi connectivity index (χ0n) is 18.1. The number of para-hydroxylation sites is 2. The van der Waals surface area contributed by atoms with Gasteiger partial charge in [-0.05, 0) is 54.8 Å². The van der Waals surface area contributed by atoms with Gasteiger partial charge in [-0.15, -0.1) is 11.8 Å². The van der Waals surface area contributed by atoms with Gasteiger partial charge in [0.2, 0.25) is 15.9 Å². The number of nitrogens with zero attached hydrogens (tertiary/aromatic N) is 1. The molecule has 0 atom stereocenters. The summed E-state index contributed by atoms with van der Waals surface area (Å²) in [6.07, 6.45) is 1.11. The molecule has 0 bridgehead atoms. The lowest BCUT2D eigenvalue weighted by Crippen LogP contribution is -2.38. The van der Waals surface area contributed by atoms with Gasteiger partial charge >= 0.3 is 0 Å². The second-order valence-electron chi connectivity index (χ2n) is 7.47. The summed E-state index contributed by atoms with van der Waals surface area (Å²) < 4.78 is 26.2. The largest absolute Gasteiger partial charge is 0.323 e. The number of carbonyl (C=O) groups is 1. The molecule has 0 spiro atoms. The number of aryl methyl sites for hydroxylation is 2. The molecule has 0 aliphatic rings. The van der Waals surface area contributed by atoms with Crippen molar-refractivity contribution in [1.82, 2.24) is 0 Å². The lowest BCUT2D eigenvalue weighted by atomic mass is 10.1. The van der Waals surface area contributed by atoms with Gasteiger partial charge in [-0.2, -0.15) is 0 Å². The molecule has 1 N–H and O–H groups in total. The van der Waals surface area contributed by atoms with Crippen LogP contribution in [0, 0.1) is 13.8 Å². The van der Waals surface area contributed by atoms with E-state index >= 15 is 0 Å². The van der Waals surface area contributed by atoms with Crippen LogP contribution in [0.5, 0.6) is 0 Å². The van der Waals surface area contributed by atoms with Gasteiger partial charge in [0.05, 0.1) is 17.6 Å². The molecule has 8 heteroatoms. The average Bonchev–Trinajstić information content (AvgIpc) is 2.73. The second-order valence-corrected chi connectivity index (χ2v) is 10.8. The molecule has 0 heterocycles. The Morgan fingerprint density at radius 1 is 0.969 bits per heavy atom. The van der Waals surface area contributed by atoms with Crippen molar-refractivity contribution in [3.05, 3.63) is 88.4 Å². The minimum Gasteiger partial charge on any atom is -0.323 e. The van der Waals surface area contributed by atoms with Gasteiger partial charge in [-0.1, -0.05) is 54.1 Å². The first-order valence-corrected chi connectivity index (χ1v) is 13.2. The number of halogens is 1. The quantitative estimate of drug-likeness (QED) is 0.416. The van der Waals surface area contributed by atoms with Crippen molar-refractivity contribution in [1.29, 1.82) is 0 Å². The SMILES string of the molecule is Cc1cccc(C)c1N(CC(=O)Nc1ccccc1SCc1ccc(Cl)cc1)S(C)(=O)=O. The normalized spacial score (nSPS) is 11.2. The van der Waals surface area contributed by atoms with Crippen molar-refractivity contribution in [2.75, 3.05) is 22.4 Å². The number of hydrogen-bond acceptors (Lipinski definition) is 4. The van der Waals surface area contributed by atoms with Crippen molar-refractivity contribution < 1.29 is 13.2 Å². The minimum atomic E-state index is -3.65. The molecular weight excluding hydrogens is 464 g/mol. The summed E-state index contributed by atoms with van der Waals surface area (Å²) in [6.45, 7) is 3.36. The maximum absolute atomic E-state index is 12.9. The third-order valence-electron chi connectivity index (χ3n) is 4.85. The molecule has 0 aromatic heterocycles. The molecule has 0 radical (unpaired) electrons. The molecule has 0 saturated carbocycles. The summed E-state index contributed by atoms with van der Waals surface area (Å²) in [7, 11) is -3.65. The van der Waals surface area contributed by atoms with E-state index in [0.717, 1.165) is 32.1 Å². The zero-order chi connectivity index (χ0) is 23.3. The summed E-state index contributed by atoms with van der Waals surface area (Å²) in [5, 5.41) is 3.57. The predicted octanol–water partition coefficient (Wildman–Crippen LogP) is 5.65. The average molecular weight is 489 g/mol. The van der Waals surface area contributed by atoms with Crippen molar-refractivity contribution in [3.63, 3.8) is 0 Å². The number of anilines is 2. The van der Waals surface area contributed by atoms with E-state index in [2.05, 4.69) is 5.32 Å². The number of hydrogen-bond donors (Lipinski definition) is 1. The van der Waals surface area contributed by atoms with Crippen molar-refractivity contribution in [3.8, 4) is 0 Å². The summed E-state index contributed by atoms with van der Waals surface area (Å²) in [6, 6.07) is 20.6. The fourth-order valence-electron chi connectivity index (χ4n) is 3.32. The maximum Gasteiger partial charge on any atom is 0.245 e. The van der Waals surface area contributed by atoms with Crippen molar-refractivity contribution in [2.45, 2.75) is 24.5 Å². The molecule has 0 saturated heterocycles. The van der Waals surface area contributed by atoms with E-state index in [0.29, 0.717) is 22.2 Å². The van der Waals surface area contributed by atoms with E-state index < -0.39 is 15.9 Å². The Morgan fingerprint density at radius 3 is 2.22 bits per heavy atom. The van der Waals surface area contributed by atoms with Crippen LogP contribution in [0.2, 0.25) is 5.02 Å². The molecular formula is C24H25ClN2O3S2. The lowest BCUT2D eigenvalue weighted by Gasteiger charge is -2.25. The molecule has 168 valence electrons. The van der Waals surface area contributed by atoms with Crippen LogP contribution in [-0.2, 0) is 20.6 Å². The molecule has 3 aromatic rings. The predicted molar refractivity (Wildman–Crippen MR) is 134 cm³/mol. The number of rotatable bonds is 8. The van der Waals surface area contributed by atoms with Crippen LogP contribution in [0.4, 0.5) is 11.4 Å². The van der Waals surface area contributed by atoms with Crippen LogP contribution in [-0.4, -0.2) is 27.1 Å². The summed E-state index contributed by atoms with van der Waals surface area (Å²) in [5.74, 6) is 0.305. The maximum atomic E-state index is 12.9. The molecule has 1 amide bonds. The van der Waals surface area contributed by atoms with E-state index in [1.807, 2.05) is 80.6 Å². The number of nitrogens with one attached hydrogen (secondary N) is 1. The Hall–Kier alpha value is -2.48. The van der Waals surface area contributed by atoms with Crippen LogP contribution in [0.3, 0.4) is 0 Å². The van der Waals surface area contributed by atoms with Gasteiger partial charge in [-0.25, -0.2) is 8.42 Å². The number of amides is 1. The van der Waals surface area contributed by atoms with Gasteiger partial charge in [-0.3, -0.25) is 9.10 Å². The monoisotopic (exact) mass is 488 g/mol. The first kappa shape index (κ1) is 24.2. The van der Waals surface area contributed by atoms with E-state index in [4.69, 9.17) is 11.6 Å². The molecule has 0 aliphatic carbocycles. The first-order chi connectivity index (χ1) is 15.1. The highest BCUT2D eigenvalue weighted by Gasteiger charge is 2.24. The lowest BCUT2D eigenvalue weighted by molar-refractivity contribution is -0.114. The second kappa shape index (κ2) is 10.4. The van der Waals surface area contributed by atoms with E-state index in [-0.39, 0.29) is 6.54 Å². The molecule has 32 heavy (non-hydrogen) atoms. The van der Waals surface area contributed by atoms with Crippen LogP contribution in [0.1, 0.15) is 16.7 Å². The van der Waals surface area contributed by atoms with E-state index in [1.54, 1.807) is 11.8 Å². The first-order valence-electron chi connectivity index (χ1n) is 9.95. The van der Waals surface area contributed by atoms with Crippen LogP contribution >= 0.6 is 23.4 Å². The minimum absolute atomic E-state index is 0.305. The summed E-state index contributed by atoms with van der Waals surface area (Å²) in [5.41, 5.74) is 3.88. The molecule has 5 nitrogen and oxygen atoms in total. The Morgan fingerprint density at radius 2 is 1.59 bits per heavy atom. The Kier molecular flexibility index (Phi) is 7.87. The number of sulfonamides is 1. The van der Waals surface area contributed by atoms with Gasteiger partial charge < -0.3 is 5.32 Å². The molecule has 3 aromatic carbocycles.